The summed E-state index contributed by atoms with van der Waals surface area (Å²) in [6.07, 6.45) is 0. The average molecular weight is 166 g/mol. The van der Waals surface area contributed by atoms with E-state index < -0.39 is 0 Å². The van der Waals surface area contributed by atoms with Crippen molar-refractivity contribution < 1.29 is 18.6 Å². The van der Waals surface area contributed by atoms with Gasteiger partial charge in [-0.25, -0.2) is 0 Å². The Balaban J connectivity index is 0. The number of nitrogens with one attached hydrogen (secondary N) is 1. The van der Waals surface area contributed by atoms with Crippen LogP contribution in [0.25, 0.3) is 5.73 Å². The second-order valence-electron chi connectivity index (χ2n) is 2.32. The minimum Gasteiger partial charge on any atom is -0.676 e. The molecule has 0 unspecified atom stereocenters. The Morgan fingerprint density at radius 2 is 1.89 bits per heavy atom. The van der Waals surface area contributed by atoms with Crippen molar-refractivity contribution in [1.82, 2.24) is 4.90 Å². The van der Waals surface area contributed by atoms with E-state index in [1.54, 1.807) is 0 Å². The van der Waals surface area contributed by atoms with Crippen LogP contribution in [-0.4, -0.2) is 31.1 Å². The fraction of sp³-hybridized carbons (Fsp3) is 1.00. The number of rotatable bonds is 3. The largest absolute Gasteiger partial charge is 0.676 e. The first kappa shape index (κ1) is 12.2. The van der Waals surface area contributed by atoms with Gasteiger partial charge in [-0.3, -0.25) is 0 Å². The summed E-state index contributed by atoms with van der Waals surface area (Å²) in [6, 6.07) is 0.584. The molecule has 0 bridgehead atoms. The van der Waals surface area contributed by atoms with Gasteiger partial charge in [0, 0.05) is 24.6 Å². The van der Waals surface area contributed by atoms with E-state index in [1.807, 2.05) is 7.05 Å². The molecule has 0 aromatic heterocycles. The number of hydrogen-bond acceptors (Lipinski definition) is 1. The molecule has 9 heavy (non-hydrogen) atoms. The summed E-state index contributed by atoms with van der Waals surface area (Å²) in [4.78, 5) is 2.16. The van der Waals surface area contributed by atoms with E-state index in [0.29, 0.717) is 12.6 Å². The molecule has 0 rings (SSSR count). The van der Waals surface area contributed by atoms with Gasteiger partial charge in [-0.15, -0.1) is 6.54 Å². The maximum Gasteiger partial charge on any atom is 0.00348 e. The van der Waals surface area contributed by atoms with Crippen LogP contribution in [-0.2, 0) is 18.6 Å². The second kappa shape index (κ2) is 6.62. The maximum absolute atomic E-state index is 6.88. The van der Waals surface area contributed by atoms with Crippen LogP contribution in [0, 0.1) is 0 Å². The molecule has 0 aliphatic heterocycles. The van der Waals surface area contributed by atoms with Gasteiger partial charge in [0.15, 0.2) is 0 Å². The molecule has 0 saturated heterocycles. The van der Waals surface area contributed by atoms with Gasteiger partial charge in [-0.2, -0.15) is 0 Å². The normalized spacial score (nSPS) is 10.0. The Hall–Kier alpha value is 0.504. The first-order chi connectivity index (χ1) is 3.68. The molecule has 1 N–H and O–H groups in total. The summed E-state index contributed by atoms with van der Waals surface area (Å²) >= 11 is 0. The van der Waals surface area contributed by atoms with E-state index in [9.17, 15) is 0 Å². The van der Waals surface area contributed by atoms with Crippen LogP contribution in [0.15, 0.2) is 0 Å². The van der Waals surface area contributed by atoms with Crippen LogP contribution in [0.3, 0.4) is 0 Å². The number of likely N-dealkylation sites (N-methyl/N-ethyl adjacent to an activating group) is 1. The van der Waals surface area contributed by atoms with Crippen molar-refractivity contribution in [1.29, 1.82) is 0 Å². The molecule has 0 aliphatic carbocycles. The van der Waals surface area contributed by atoms with Crippen molar-refractivity contribution >= 4 is 0 Å². The third-order valence-electron chi connectivity index (χ3n) is 1.35. The molecule has 0 aliphatic rings. The Labute approximate surface area is 69.7 Å². The van der Waals surface area contributed by atoms with Crippen LogP contribution in [0.1, 0.15) is 13.8 Å². The van der Waals surface area contributed by atoms with Crippen LogP contribution in [0.4, 0.5) is 0 Å². The van der Waals surface area contributed by atoms with E-state index in [0.717, 1.165) is 6.54 Å². The van der Waals surface area contributed by atoms with Gasteiger partial charge >= 0.3 is 0 Å². The molecule has 0 fully saturated rings. The van der Waals surface area contributed by atoms with Crippen LogP contribution < -0.4 is 0 Å². The fourth-order valence-electron chi connectivity index (χ4n) is 0.435. The molecule has 2 nitrogen and oxygen atoms in total. The molecule has 0 aromatic rings. The minimum atomic E-state index is 0. The zero-order chi connectivity index (χ0) is 6.57. The van der Waals surface area contributed by atoms with Gasteiger partial charge in [0.25, 0.3) is 0 Å². The Morgan fingerprint density at radius 3 is 2.00 bits per heavy atom. The van der Waals surface area contributed by atoms with Crippen molar-refractivity contribution in [3.8, 4) is 0 Å². The van der Waals surface area contributed by atoms with Gasteiger partial charge in [0.05, 0.1) is 0 Å². The smallest absolute Gasteiger partial charge is 0.00348 e. The predicted molar refractivity (Wildman–Crippen MR) is 37.0 cm³/mol. The van der Waals surface area contributed by atoms with Crippen molar-refractivity contribution in [2.45, 2.75) is 19.9 Å². The van der Waals surface area contributed by atoms with Gasteiger partial charge in [0.1, 0.15) is 0 Å². The van der Waals surface area contributed by atoms with Crippen molar-refractivity contribution in [2.75, 3.05) is 20.1 Å². The monoisotopic (exact) mass is 166 g/mol. The quantitative estimate of drug-likeness (QED) is 0.622. The molecular weight excluding hydrogens is 151 g/mol. The Kier molecular flexibility index (Phi) is 8.98. The van der Waals surface area contributed by atoms with E-state index in [-0.39, 0.29) is 18.6 Å². The first-order valence-electron chi connectivity index (χ1n) is 3.03. The van der Waals surface area contributed by atoms with Crippen molar-refractivity contribution in [3.63, 3.8) is 0 Å². The topological polar surface area (TPSA) is 27.0 Å². The molecule has 0 atom stereocenters. The second-order valence-corrected chi connectivity index (χ2v) is 2.32. The van der Waals surface area contributed by atoms with E-state index in [1.165, 1.54) is 0 Å². The molecule has 55 valence electrons. The molecule has 3 heteroatoms. The Morgan fingerprint density at radius 1 is 1.44 bits per heavy atom. The van der Waals surface area contributed by atoms with Crippen LogP contribution in [0.5, 0.6) is 0 Å². The van der Waals surface area contributed by atoms with E-state index in [4.69, 9.17) is 5.73 Å². The molecule has 0 heterocycles. The Bertz CT molecular complexity index is 57.0. The third-order valence-corrected chi connectivity index (χ3v) is 1.35. The van der Waals surface area contributed by atoms with Gasteiger partial charge in [-0.1, -0.05) is 0 Å². The van der Waals surface area contributed by atoms with Crippen molar-refractivity contribution in [3.05, 3.63) is 5.73 Å². The molecule has 0 aromatic carbocycles. The fourth-order valence-corrected chi connectivity index (χ4v) is 0.435. The van der Waals surface area contributed by atoms with Gasteiger partial charge in [0.2, 0.25) is 0 Å². The van der Waals surface area contributed by atoms with Gasteiger partial charge in [-0.05, 0) is 27.4 Å². The van der Waals surface area contributed by atoms with E-state index in [2.05, 4.69) is 18.7 Å². The zero-order valence-electron chi connectivity index (χ0n) is 6.39. The SMILES string of the molecule is CC(C)N(C)CC[NH-].[V]. The van der Waals surface area contributed by atoms with E-state index >= 15 is 0 Å². The summed E-state index contributed by atoms with van der Waals surface area (Å²) in [7, 11) is 2.04. The maximum atomic E-state index is 6.88. The summed E-state index contributed by atoms with van der Waals surface area (Å²) in [5, 5.41) is 0. The first-order valence-corrected chi connectivity index (χ1v) is 3.03. The molecule has 0 saturated carbocycles. The molecule has 0 amide bonds. The van der Waals surface area contributed by atoms with Crippen molar-refractivity contribution in [2.24, 2.45) is 0 Å². The molecular formula is C6H15N2V-. The predicted octanol–water partition coefficient (Wildman–Crippen LogP) is 1.38. The van der Waals surface area contributed by atoms with Gasteiger partial charge < -0.3 is 10.6 Å². The summed E-state index contributed by atoms with van der Waals surface area (Å²) in [5.74, 6) is 0. The summed E-state index contributed by atoms with van der Waals surface area (Å²) in [5.41, 5.74) is 6.88. The van der Waals surface area contributed by atoms with Crippen LogP contribution >= 0.6 is 0 Å². The molecule has 1 radical (unpaired) electrons. The zero-order valence-corrected chi connectivity index (χ0v) is 7.78. The molecule has 0 spiro atoms. The van der Waals surface area contributed by atoms with Crippen LogP contribution in [0.2, 0.25) is 0 Å². The standard InChI is InChI=1S/C6H15N2.V/c1-6(2)8(3)5-4-7;/h6-7H,4-5H2,1-3H3;/q-1;. The summed E-state index contributed by atoms with van der Waals surface area (Å²) < 4.78 is 0. The number of hydrogen-bond donors (Lipinski definition) is 0. The minimum absolute atomic E-state index is 0. The average Bonchev–Trinajstić information content (AvgIpc) is 1.67. The third kappa shape index (κ3) is 6.39. The summed E-state index contributed by atoms with van der Waals surface area (Å²) in [6.45, 7) is 5.66. The number of nitrogens with zero attached hydrogens (tertiary/aromatic N) is 1.